The second-order valence-electron chi connectivity index (χ2n) is 7.47. The van der Waals surface area contributed by atoms with Crippen LogP contribution >= 0.6 is 0 Å². The highest BCUT2D eigenvalue weighted by Gasteiger charge is 2.32. The Balaban J connectivity index is 1.57. The molecule has 0 saturated carbocycles. The molecule has 0 aliphatic carbocycles. The van der Waals surface area contributed by atoms with E-state index in [4.69, 9.17) is 4.74 Å². The van der Waals surface area contributed by atoms with Gasteiger partial charge < -0.3 is 14.7 Å². The Hall–Kier alpha value is -3.68. The number of para-hydroxylation sites is 2. The second-order valence-corrected chi connectivity index (χ2v) is 7.47. The van der Waals surface area contributed by atoms with Crippen molar-refractivity contribution in [2.45, 2.75) is 38.8 Å². The molecule has 1 aliphatic rings. The lowest BCUT2D eigenvalue weighted by Gasteiger charge is -2.38. The van der Waals surface area contributed by atoms with E-state index >= 15 is 0 Å². The topological polar surface area (TPSA) is 92.8 Å². The smallest absolute Gasteiger partial charge is 0.256 e. The second kappa shape index (κ2) is 8.99. The molecule has 1 amide bonds. The number of phenols is 1. The van der Waals surface area contributed by atoms with Crippen LogP contribution in [-0.2, 0) is 0 Å². The van der Waals surface area contributed by atoms with Gasteiger partial charge in [-0.1, -0.05) is 18.2 Å². The number of piperidine rings is 1. The average Bonchev–Trinajstić information content (AvgIpc) is 3.32. The maximum Gasteiger partial charge on any atom is 0.256 e. The quantitative estimate of drug-likeness (QED) is 0.636. The van der Waals surface area contributed by atoms with Gasteiger partial charge in [-0.05, 0) is 51.0 Å². The lowest BCUT2D eigenvalue weighted by molar-refractivity contribution is 0.0385. The Morgan fingerprint density at radius 3 is 2.71 bits per heavy atom. The van der Waals surface area contributed by atoms with E-state index in [2.05, 4.69) is 15.2 Å². The summed E-state index contributed by atoms with van der Waals surface area (Å²) in [6, 6.07) is 12.5. The third kappa shape index (κ3) is 4.28. The Bertz CT molecular complexity index is 1080. The largest absolute Gasteiger partial charge is 0.506 e. The summed E-state index contributed by atoms with van der Waals surface area (Å²) in [6.07, 6.45) is 6.19. The molecule has 1 fully saturated rings. The number of rotatable bonds is 5. The molecule has 2 aromatic carbocycles. The van der Waals surface area contributed by atoms with Crippen molar-refractivity contribution in [1.82, 2.24) is 19.9 Å². The molecule has 8 heteroatoms. The molecular formula is C23H25N5O3. The highest BCUT2D eigenvalue weighted by Crippen LogP contribution is 2.37. The number of aromatic hydroxyl groups is 1. The molecule has 1 aliphatic heterocycles. The highest BCUT2D eigenvalue weighted by atomic mass is 16.5. The van der Waals surface area contributed by atoms with Crippen molar-refractivity contribution in [2.24, 2.45) is 4.99 Å². The number of carbonyl (C=O) groups excluding carboxylic acids is 1. The minimum Gasteiger partial charge on any atom is -0.506 e. The molecule has 1 aromatic heterocycles. The lowest BCUT2D eigenvalue weighted by Crippen LogP contribution is -2.49. The Morgan fingerprint density at radius 1 is 1.16 bits per heavy atom. The molecule has 0 spiro atoms. The van der Waals surface area contributed by atoms with Gasteiger partial charge >= 0.3 is 0 Å². The van der Waals surface area contributed by atoms with Crippen LogP contribution in [0.3, 0.4) is 0 Å². The molecule has 3 aromatic rings. The number of carbonyl (C=O) groups is 1. The third-order valence-electron chi connectivity index (χ3n) is 5.40. The van der Waals surface area contributed by atoms with Gasteiger partial charge in [0.25, 0.3) is 5.91 Å². The molecule has 1 unspecified atom stereocenters. The van der Waals surface area contributed by atoms with Gasteiger partial charge in [-0.25, -0.2) is 0 Å². The maximum atomic E-state index is 13.5. The number of phenolic OH excluding ortho intramolecular Hbond substituents is 1. The zero-order chi connectivity index (χ0) is 21.8. The maximum absolute atomic E-state index is 13.5. The Kier molecular flexibility index (Phi) is 5.97. The molecule has 160 valence electrons. The molecule has 2 heterocycles. The van der Waals surface area contributed by atoms with Gasteiger partial charge in [0.05, 0.1) is 30.2 Å². The molecule has 4 rings (SSSR count). The summed E-state index contributed by atoms with van der Waals surface area (Å²) in [5, 5.41) is 18.5. The van der Waals surface area contributed by atoms with Crippen LogP contribution in [0.15, 0.2) is 59.9 Å². The number of aliphatic imine (C=N–C) groups is 1. The van der Waals surface area contributed by atoms with E-state index in [9.17, 15) is 9.90 Å². The Morgan fingerprint density at radius 2 is 1.94 bits per heavy atom. The first kappa shape index (κ1) is 20.6. The number of hydrogen-bond donors (Lipinski definition) is 1. The highest BCUT2D eigenvalue weighted by molar-refractivity contribution is 5.98. The van der Waals surface area contributed by atoms with E-state index in [1.54, 1.807) is 49.8 Å². The van der Waals surface area contributed by atoms with Crippen LogP contribution in [0.4, 0.5) is 5.69 Å². The van der Waals surface area contributed by atoms with Gasteiger partial charge in [-0.2, -0.15) is 15.0 Å². The predicted molar refractivity (Wildman–Crippen MR) is 117 cm³/mol. The molecule has 2 atom stereocenters. The number of hydrogen-bond acceptors (Lipinski definition) is 6. The fourth-order valence-electron chi connectivity index (χ4n) is 3.82. The van der Waals surface area contributed by atoms with Crippen molar-refractivity contribution in [3.8, 4) is 17.2 Å². The number of nitrogens with zero attached hydrogens (tertiary/aromatic N) is 5. The third-order valence-corrected chi connectivity index (χ3v) is 5.40. The monoisotopic (exact) mass is 419 g/mol. The SMILES string of the molecule is CC=Nc1c(O)cccc1OC1CC[C@@H](C)N(C(=O)c2ccccc2-n2nccn2)C1. The van der Waals surface area contributed by atoms with Crippen LogP contribution in [-0.4, -0.2) is 55.8 Å². The van der Waals surface area contributed by atoms with E-state index in [1.165, 1.54) is 4.80 Å². The first-order valence-electron chi connectivity index (χ1n) is 10.3. The minimum atomic E-state index is -0.206. The lowest BCUT2D eigenvalue weighted by atomic mass is 9.99. The van der Waals surface area contributed by atoms with E-state index in [0.29, 0.717) is 29.2 Å². The molecule has 31 heavy (non-hydrogen) atoms. The van der Waals surface area contributed by atoms with Crippen molar-refractivity contribution in [1.29, 1.82) is 0 Å². The number of amides is 1. The number of likely N-dealkylation sites (tertiary alicyclic amines) is 1. The molecule has 0 bridgehead atoms. The van der Waals surface area contributed by atoms with Crippen LogP contribution in [0.1, 0.15) is 37.0 Å². The summed E-state index contributed by atoms with van der Waals surface area (Å²) < 4.78 is 6.19. The fraction of sp³-hybridized carbons (Fsp3) is 0.304. The van der Waals surface area contributed by atoms with Gasteiger partial charge in [0.15, 0.2) is 0 Å². The zero-order valence-electron chi connectivity index (χ0n) is 17.5. The summed E-state index contributed by atoms with van der Waals surface area (Å²) >= 11 is 0. The van der Waals surface area contributed by atoms with Gasteiger partial charge in [-0.3, -0.25) is 9.79 Å². The van der Waals surface area contributed by atoms with E-state index in [-0.39, 0.29) is 23.8 Å². The van der Waals surface area contributed by atoms with Crippen molar-refractivity contribution >= 4 is 17.8 Å². The molecule has 1 N–H and O–H groups in total. The first-order chi connectivity index (χ1) is 15.1. The van der Waals surface area contributed by atoms with Gasteiger partial charge in [0, 0.05) is 12.3 Å². The van der Waals surface area contributed by atoms with Crippen LogP contribution in [0.2, 0.25) is 0 Å². The van der Waals surface area contributed by atoms with E-state index in [1.807, 2.05) is 30.0 Å². The Labute approximate surface area is 180 Å². The van der Waals surface area contributed by atoms with Gasteiger partial charge in [-0.15, -0.1) is 0 Å². The summed E-state index contributed by atoms with van der Waals surface area (Å²) in [5.41, 5.74) is 1.58. The van der Waals surface area contributed by atoms with Crippen molar-refractivity contribution in [2.75, 3.05) is 6.54 Å². The van der Waals surface area contributed by atoms with E-state index in [0.717, 1.165) is 12.8 Å². The van der Waals surface area contributed by atoms with Crippen LogP contribution in [0.25, 0.3) is 5.69 Å². The van der Waals surface area contributed by atoms with Gasteiger partial charge in [0.2, 0.25) is 0 Å². The molecule has 8 nitrogen and oxygen atoms in total. The summed E-state index contributed by atoms with van der Waals surface area (Å²) in [6.45, 7) is 4.26. The van der Waals surface area contributed by atoms with Crippen molar-refractivity contribution in [3.63, 3.8) is 0 Å². The molecule has 0 radical (unpaired) electrons. The number of benzene rings is 2. The van der Waals surface area contributed by atoms with Crippen molar-refractivity contribution < 1.29 is 14.6 Å². The minimum absolute atomic E-state index is 0.0633. The summed E-state index contributed by atoms with van der Waals surface area (Å²) in [5.74, 6) is 0.482. The predicted octanol–water partition coefficient (Wildman–Crippen LogP) is 3.77. The normalized spacial score (nSPS) is 19.0. The standard InChI is InChI=1S/C23H25N5O3/c1-3-24-22-20(29)9-6-10-21(22)31-17-12-11-16(2)27(15-17)23(30)18-7-4-5-8-19(18)28-25-13-14-26-28/h3-10,13-14,16-17,29H,11-12,15H2,1-2H3/t16-,17?/m1/s1. The van der Waals surface area contributed by atoms with Crippen LogP contribution in [0, 0.1) is 0 Å². The van der Waals surface area contributed by atoms with Gasteiger partial charge in [0.1, 0.15) is 23.3 Å². The van der Waals surface area contributed by atoms with Crippen LogP contribution < -0.4 is 4.74 Å². The zero-order valence-corrected chi connectivity index (χ0v) is 17.5. The van der Waals surface area contributed by atoms with Crippen molar-refractivity contribution in [3.05, 3.63) is 60.4 Å². The fourth-order valence-corrected chi connectivity index (χ4v) is 3.82. The van der Waals surface area contributed by atoms with Crippen LogP contribution in [0.5, 0.6) is 11.5 Å². The summed E-state index contributed by atoms with van der Waals surface area (Å²) in [7, 11) is 0. The number of ether oxygens (including phenoxy) is 1. The number of aromatic nitrogens is 3. The molecule has 1 saturated heterocycles. The average molecular weight is 419 g/mol. The van der Waals surface area contributed by atoms with E-state index < -0.39 is 0 Å². The molecular weight excluding hydrogens is 394 g/mol. The first-order valence-corrected chi connectivity index (χ1v) is 10.3. The summed E-state index contributed by atoms with van der Waals surface area (Å²) in [4.78, 5) is 21.0.